The predicted octanol–water partition coefficient (Wildman–Crippen LogP) is 3.53. The zero-order chi connectivity index (χ0) is 27.4. The summed E-state index contributed by atoms with van der Waals surface area (Å²) in [5.74, 6) is 0.772. The third-order valence-corrected chi connectivity index (χ3v) is 7.05. The van der Waals surface area contributed by atoms with Gasteiger partial charge in [0.05, 0.1) is 35.6 Å². The van der Waals surface area contributed by atoms with Crippen LogP contribution in [-0.2, 0) is 14.3 Å². The van der Waals surface area contributed by atoms with E-state index >= 15 is 0 Å². The number of rotatable bonds is 9. The third kappa shape index (κ3) is 5.58. The fourth-order valence-electron chi connectivity index (χ4n) is 4.32. The molecule has 200 valence electrons. The van der Waals surface area contributed by atoms with Crippen molar-refractivity contribution in [2.45, 2.75) is 39.8 Å². The summed E-state index contributed by atoms with van der Waals surface area (Å²) in [5.41, 5.74) is 3.03. The summed E-state index contributed by atoms with van der Waals surface area (Å²) in [4.78, 5) is 32.4. The average molecular weight is 537 g/mol. The minimum atomic E-state index is -0.772. The molecule has 1 aliphatic rings. The van der Waals surface area contributed by atoms with Crippen LogP contribution < -0.4 is 24.4 Å². The molecule has 4 rings (SSSR count). The number of para-hydroxylation sites is 1. The van der Waals surface area contributed by atoms with Crippen LogP contribution in [0.4, 0.5) is 0 Å². The van der Waals surface area contributed by atoms with Gasteiger partial charge in [0, 0.05) is 12.7 Å². The van der Waals surface area contributed by atoms with Gasteiger partial charge in [-0.05, 0) is 57.0 Å². The molecule has 2 aromatic carbocycles. The highest BCUT2D eigenvalue weighted by Gasteiger charge is 2.35. The smallest absolute Gasteiger partial charge is 0.338 e. The first-order valence-electron chi connectivity index (χ1n) is 12.3. The molecule has 0 unspecified atom stereocenters. The number of methoxy groups -OCH3 is 2. The number of thiazole rings is 1. The molecule has 0 spiro atoms. The second kappa shape index (κ2) is 11.8. The van der Waals surface area contributed by atoms with E-state index in [4.69, 9.17) is 18.9 Å². The van der Waals surface area contributed by atoms with Crippen LogP contribution in [0.3, 0.4) is 0 Å². The summed E-state index contributed by atoms with van der Waals surface area (Å²) in [6, 6.07) is 12.4. The van der Waals surface area contributed by atoms with Crippen LogP contribution in [-0.4, -0.2) is 44.1 Å². The number of nitrogens with zero attached hydrogens (tertiary/aromatic N) is 2. The molecule has 0 saturated heterocycles. The van der Waals surface area contributed by atoms with Crippen molar-refractivity contribution >= 4 is 23.4 Å². The lowest BCUT2D eigenvalue weighted by Crippen LogP contribution is -2.40. The van der Waals surface area contributed by atoms with Crippen LogP contribution in [0.15, 0.2) is 63.5 Å². The van der Waals surface area contributed by atoms with Crippen LogP contribution in [0.5, 0.6) is 11.5 Å². The molecule has 0 amide bonds. The van der Waals surface area contributed by atoms with Crippen LogP contribution in [0.25, 0.3) is 6.08 Å². The lowest BCUT2D eigenvalue weighted by Gasteiger charge is -2.27. The minimum Gasteiger partial charge on any atom is -0.496 e. The highest BCUT2D eigenvalue weighted by atomic mass is 32.1. The number of hydrogen-bond acceptors (Lipinski definition) is 8. The lowest BCUT2D eigenvalue weighted by atomic mass is 9.95. The molecule has 0 aliphatic carbocycles. The van der Waals surface area contributed by atoms with Crippen molar-refractivity contribution in [2.75, 3.05) is 27.4 Å². The number of carbonyl (C=O) groups is 1. The van der Waals surface area contributed by atoms with Crippen molar-refractivity contribution in [2.24, 2.45) is 4.99 Å². The summed E-state index contributed by atoms with van der Waals surface area (Å²) in [6.45, 7) is 7.92. The normalized spacial score (nSPS) is 15.3. The molecule has 1 aliphatic heterocycles. The molecule has 3 aromatic rings. The maximum Gasteiger partial charge on any atom is 0.338 e. The Kier molecular flexibility index (Phi) is 8.48. The number of fused-ring (bicyclic) bond motifs is 1. The Bertz CT molecular complexity index is 1550. The quantitative estimate of drug-likeness (QED) is 0.307. The molecule has 0 N–H and O–H groups in total. The molecule has 0 radical (unpaired) electrons. The number of hydrogen-bond donors (Lipinski definition) is 0. The molecule has 0 saturated carbocycles. The average Bonchev–Trinajstić information content (AvgIpc) is 3.18. The monoisotopic (exact) mass is 536 g/mol. The zero-order valence-electron chi connectivity index (χ0n) is 22.4. The number of aromatic nitrogens is 1. The van der Waals surface area contributed by atoms with Gasteiger partial charge < -0.3 is 18.9 Å². The van der Waals surface area contributed by atoms with Gasteiger partial charge in [0.1, 0.15) is 24.1 Å². The Hall–Kier alpha value is -3.69. The van der Waals surface area contributed by atoms with Gasteiger partial charge in [-0.1, -0.05) is 41.7 Å². The Morgan fingerprint density at radius 3 is 2.58 bits per heavy atom. The molecule has 1 atom stereocenters. The SMILES string of the molecule is COCCOC(=O)C1=C(C)N=c2s/c(=C/c3ccc(C)c(OC)c3)c(=O)n2[C@H]1c1ccccc1OC(C)C. The van der Waals surface area contributed by atoms with Crippen molar-refractivity contribution in [3.63, 3.8) is 0 Å². The number of esters is 1. The molecular formula is C29H32N2O6S. The zero-order valence-corrected chi connectivity index (χ0v) is 23.3. The first kappa shape index (κ1) is 27.3. The standard InChI is InChI=1S/C29H32N2O6S/c1-17(2)37-22-10-8-7-9-21(22)26-25(28(33)36-14-13-34-5)19(4)30-29-31(26)27(32)24(38-29)16-20-12-11-18(3)23(15-20)35-6/h7-12,15-17,26H,13-14H2,1-6H3/b24-16+/t26-/m0/s1. The van der Waals surface area contributed by atoms with Gasteiger partial charge >= 0.3 is 5.97 Å². The van der Waals surface area contributed by atoms with Crippen molar-refractivity contribution in [1.29, 1.82) is 0 Å². The lowest BCUT2D eigenvalue weighted by molar-refractivity contribution is -0.140. The first-order chi connectivity index (χ1) is 18.2. The van der Waals surface area contributed by atoms with E-state index in [1.807, 2.05) is 69.3 Å². The highest BCUT2D eigenvalue weighted by Crippen LogP contribution is 2.36. The van der Waals surface area contributed by atoms with E-state index in [0.29, 0.717) is 26.3 Å². The van der Waals surface area contributed by atoms with Crippen molar-refractivity contribution < 1.29 is 23.7 Å². The highest BCUT2D eigenvalue weighted by molar-refractivity contribution is 7.07. The van der Waals surface area contributed by atoms with Crippen molar-refractivity contribution in [3.05, 3.63) is 90.1 Å². The second-order valence-electron chi connectivity index (χ2n) is 9.14. The molecular weight excluding hydrogens is 504 g/mol. The van der Waals surface area contributed by atoms with Gasteiger partial charge in [0.2, 0.25) is 0 Å². The van der Waals surface area contributed by atoms with Gasteiger partial charge in [-0.25, -0.2) is 9.79 Å². The number of aryl methyl sites for hydroxylation is 1. The molecule has 0 bridgehead atoms. The largest absolute Gasteiger partial charge is 0.496 e. The summed E-state index contributed by atoms with van der Waals surface area (Å²) in [5, 5.41) is 0. The predicted molar refractivity (Wildman–Crippen MR) is 147 cm³/mol. The summed E-state index contributed by atoms with van der Waals surface area (Å²) >= 11 is 1.27. The minimum absolute atomic E-state index is 0.0860. The van der Waals surface area contributed by atoms with Crippen LogP contribution in [0.2, 0.25) is 0 Å². The van der Waals surface area contributed by atoms with Gasteiger partial charge in [0.15, 0.2) is 4.80 Å². The Labute approximate surface area is 225 Å². The Morgan fingerprint density at radius 1 is 1.11 bits per heavy atom. The van der Waals surface area contributed by atoms with Gasteiger partial charge in [-0.15, -0.1) is 0 Å². The summed E-state index contributed by atoms with van der Waals surface area (Å²) in [7, 11) is 3.15. The fourth-order valence-corrected chi connectivity index (χ4v) is 5.36. The molecule has 38 heavy (non-hydrogen) atoms. The molecule has 8 nitrogen and oxygen atoms in total. The molecule has 1 aromatic heterocycles. The van der Waals surface area contributed by atoms with Crippen molar-refractivity contribution in [3.8, 4) is 11.5 Å². The van der Waals surface area contributed by atoms with Gasteiger partial charge in [-0.3, -0.25) is 9.36 Å². The number of ether oxygens (including phenoxy) is 4. The van der Waals surface area contributed by atoms with Crippen molar-refractivity contribution in [1.82, 2.24) is 4.57 Å². The fraction of sp³-hybridized carbons (Fsp3) is 0.345. The van der Waals surface area contributed by atoms with Gasteiger partial charge in [-0.2, -0.15) is 0 Å². The third-order valence-electron chi connectivity index (χ3n) is 6.07. The van der Waals surface area contributed by atoms with Gasteiger partial charge in [0.25, 0.3) is 5.56 Å². The summed E-state index contributed by atoms with van der Waals surface area (Å²) in [6.07, 6.45) is 1.71. The Balaban J connectivity index is 1.93. The maximum absolute atomic E-state index is 13.9. The van der Waals surface area contributed by atoms with E-state index in [0.717, 1.165) is 16.9 Å². The molecule has 2 heterocycles. The second-order valence-corrected chi connectivity index (χ2v) is 10.2. The van der Waals surface area contributed by atoms with E-state index in [1.165, 1.54) is 18.4 Å². The summed E-state index contributed by atoms with van der Waals surface area (Å²) < 4.78 is 24.1. The Morgan fingerprint density at radius 2 is 1.87 bits per heavy atom. The molecule has 0 fully saturated rings. The van der Waals surface area contributed by atoms with E-state index < -0.39 is 12.0 Å². The first-order valence-corrected chi connectivity index (χ1v) is 13.2. The van der Waals surface area contributed by atoms with Crippen LogP contribution >= 0.6 is 11.3 Å². The topological polar surface area (TPSA) is 88.4 Å². The van der Waals surface area contributed by atoms with E-state index in [1.54, 1.807) is 18.6 Å². The number of allylic oxidation sites excluding steroid dienone is 1. The number of carbonyl (C=O) groups excluding carboxylic acids is 1. The molecule has 9 heteroatoms. The maximum atomic E-state index is 13.9. The number of benzene rings is 2. The van der Waals surface area contributed by atoms with E-state index in [9.17, 15) is 9.59 Å². The van der Waals surface area contributed by atoms with E-state index in [2.05, 4.69) is 4.99 Å². The van der Waals surface area contributed by atoms with E-state index in [-0.39, 0.29) is 30.5 Å². The van der Waals surface area contributed by atoms with Crippen LogP contribution in [0.1, 0.15) is 43.5 Å². The van der Waals surface area contributed by atoms with Crippen LogP contribution in [0, 0.1) is 6.92 Å².